The standard InChI is InChI=1S/C13H22N2O3/c1-4-10(5-2)7-17-8-11-6-9(3)12(18-11)13(16)15-14/h6,10H,4-5,7-8,14H2,1-3H3,(H,15,16). The van der Waals surface area contributed by atoms with Gasteiger partial charge < -0.3 is 9.15 Å². The minimum absolute atomic E-state index is 0.249. The van der Waals surface area contributed by atoms with Crippen LogP contribution in [-0.4, -0.2) is 12.5 Å². The lowest BCUT2D eigenvalue weighted by Crippen LogP contribution is -2.30. The third-order valence-electron chi connectivity index (χ3n) is 3.06. The second-order valence-electron chi connectivity index (χ2n) is 4.40. The number of hydrazine groups is 1. The predicted molar refractivity (Wildman–Crippen MR) is 68.8 cm³/mol. The first kappa shape index (κ1) is 14.7. The summed E-state index contributed by atoms with van der Waals surface area (Å²) < 4.78 is 11.0. The molecule has 0 aliphatic rings. The number of carbonyl (C=O) groups excluding carboxylic acids is 1. The summed E-state index contributed by atoms with van der Waals surface area (Å²) in [6.45, 7) is 7.20. The van der Waals surface area contributed by atoms with Gasteiger partial charge in [0, 0.05) is 12.2 Å². The largest absolute Gasteiger partial charge is 0.453 e. The fourth-order valence-electron chi connectivity index (χ4n) is 1.76. The summed E-state index contributed by atoms with van der Waals surface area (Å²) in [6, 6.07) is 1.80. The smallest absolute Gasteiger partial charge is 0.301 e. The van der Waals surface area contributed by atoms with Crippen molar-refractivity contribution >= 4 is 5.91 Å². The highest BCUT2D eigenvalue weighted by Gasteiger charge is 2.14. The van der Waals surface area contributed by atoms with Gasteiger partial charge in [-0.1, -0.05) is 26.7 Å². The molecule has 5 heteroatoms. The zero-order valence-corrected chi connectivity index (χ0v) is 11.3. The number of amides is 1. The van der Waals surface area contributed by atoms with Crippen LogP contribution in [0.4, 0.5) is 0 Å². The fourth-order valence-corrected chi connectivity index (χ4v) is 1.76. The average molecular weight is 254 g/mol. The summed E-state index contributed by atoms with van der Waals surface area (Å²) in [5.41, 5.74) is 2.82. The van der Waals surface area contributed by atoms with Gasteiger partial charge in [0.1, 0.15) is 12.4 Å². The normalized spacial score (nSPS) is 10.9. The Labute approximate surface area is 108 Å². The number of aryl methyl sites for hydroxylation is 1. The first-order valence-electron chi connectivity index (χ1n) is 6.30. The Morgan fingerprint density at radius 1 is 1.50 bits per heavy atom. The zero-order chi connectivity index (χ0) is 13.5. The highest BCUT2D eigenvalue weighted by molar-refractivity contribution is 5.92. The highest BCUT2D eigenvalue weighted by Crippen LogP contribution is 2.16. The Kier molecular flexibility index (Phi) is 5.88. The van der Waals surface area contributed by atoms with Crippen LogP contribution < -0.4 is 11.3 Å². The van der Waals surface area contributed by atoms with E-state index in [1.807, 2.05) is 0 Å². The van der Waals surface area contributed by atoms with Gasteiger partial charge in [-0.25, -0.2) is 5.84 Å². The Morgan fingerprint density at radius 3 is 2.72 bits per heavy atom. The number of hydrogen-bond acceptors (Lipinski definition) is 4. The minimum Gasteiger partial charge on any atom is -0.453 e. The van der Waals surface area contributed by atoms with Crippen molar-refractivity contribution in [2.45, 2.75) is 40.2 Å². The molecule has 1 aromatic rings. The third-order valence-corrected chi connectivity index (χ3v) is 3.06. The van der Waals surface area contributed by atoms with Gasteiger partial charge in [-0.3, -0.25) is 10.2 Å². The number of furan rings is 1. The Bertz CT molecular complexity index is 384. The van der Waals surface area contributed by atoms with Crippen LogP contribution in [0.5, 0.6) is 0 Å². The molecule has 18 heavy (non-hydrogen) atoms. The lowest BCUT2D eigenvalue weighted by molar-refractivity contribution is 0.0711. The topological polar surface area (TPSA) is 77.5 Å². The van der Waals surface area contributed by atoms with Crippen LogP contribution in [0.2, 0.25) is 0 Å². The van der Waals surface area contributed by atoms with Crippen LogP contribution in [-0.2, 0) is 11.3 Å². The molecule has 0 spiro atoms. The van der Waals surface area contributed by atoms with E-state index in [4.69, 9.17) is 15.0 Å². The molecular formula is C13H22N2O3. The summed E-state index contributed by atoms with van der Waals surface area (Å²) >= 11 is 0. The Balaban J connectivity index is 2.51. The molecule has 0 saturated heterocycles. The molecule has 1 heterocycles. The van der Waals surface area contributed by atoms with Gasteiger partial charge >= 0.3 is 5.91 Å². The molecule has 0 fully saturated rings. The molecule has 0 bridgehead atoms. The number of nitrogens with two attached hydrogens (primary N) is 1. The van der Waals surface area contributed by atoms with Gasteiger partial charge in [0.2, 0.25) is 0 Å². The van der Waals surface area contributed by atoms with Crippen LogP contribution in [0.15, 0.2) is 10.5 Å². The van der Waals surface area contributed by atoms with Gasteiger partial charge in [-0.05, 0) is 18.9 Å². The van der Waals surface area contributed by atoms with E-state index >= 15 is 0 Å². The molecule has 0 unspecified atom stereocenters. The molecular weight excluding hydrogens is 232 g/mol. The molecule has 0 atom stereocenters. The molecule has 0 aliphatic carbocycles. The van der Waals surface area contributed by atoms with E-state index in [2.05, 4.69) is 19.3 Å². The van der Waals surface area contributed by atoms with Crippen molar-refractivity contribution in [3.05, 3.63) is 23.2 Å². The van der Waals surface area contributed by atoms with Crippen molar-refractivity contribution in [2.24, 2.45) is 11.8 Å². The second kappa shape index (κ2) is 7.18. The molecule has 1 rings (SSSR count). The van der Waals surface area contributed by atoms with Crippen molar-refractivity contribution < 1.29 is 13.9 Å². The number of rotatable bonds is 7. The molecule has 3 N–H and O–H groups in total. The average Bonchev–Trinajstić information content (AvgIpc) is 2.75. The monoisotopic (exact) mass is 254 g/mol. The van der Waals surface area contributed by atoms with Crippen molar-refractivity contribution in [2.75, 3.05) is 6.61 Å². The summed E-state index contributed by atoms with van der Waals surface area (Å²) in [5.74, 6) is 6.13. The maximum absolute atomic E-state index is 11.4. The van der Waals surface area contributed by atoms with Crippen molar-refractivity contribution in [1.29, 1.82) is 0 Å². The third kappa shape index (κ3) is 3.85. The van der Waals surface area contributed by atoms with Crippen molar-refractivity contribution in [3.8, 4) is 0 Å². The van der Waals surface area contributed by atoms with Crippen LogP contribution >= 0.6 is 0 Å². The van der Waals surface area contributed by atoms with E-state index in [-0.39, 0.29) is 5.76 Å². The Morgan fingerprint density at radius 2 is 2.17 bits per heavy atom. The van der Waals surface area contributed by atoms with Crippen molar-refractivity contribution in [3.63, 3.8) is 0 Å². The molecule has 0 aliphatic heterocycles. The number of hydrogen-bond donors (Lipinski definition) is 2. The van der Waals surface area contributed by atoms with Gasteiger partial charge in [-0.15, -0.1) is 0 Å². The summed E-state index contributed by atoms with van der Waals surface area (Å²) in [4.78, 5) is 11.4. The number of carbonyl (C=O) groups is 1. The van der Waals surface area contributed by atoms with Crippen LogP contribution in [0, 0.1) is 12.8 Å². The van der Waals surface area contributed by atoms with Crippen molar-refractivity contribution in [1.82, 2.24) is 5.43 Å². The van der Waals surface area contributed by atoms with E-state index in [9.17, 15) is 4.79 Å². The lowest BCUT2D eigenvalue weighted by atomic mass is 10.1. The molecule has 1 aromatic heterocycles. The molecule has 0 saturated carbocycles. The van der Waals surface area contributed by atoms with Gasteiger partial charge in [0.05, 0.1) is 0 Å². The fraction of sp³-hybridized carbons (Fsp3) is 0.615. The SMILES string of the molecule is CCC(CC)COCc1cc(C)c(C(=O)NN)o1. The number of nitrogen functional groups attached to an aromatic ring is 1. The zero-order valence-electron chi connectivity index (χ0n) is 11.3. The van der Waals surface area contributed by atoms with E-state index in [0.717, 1.165) is 18.4 Å². The van der Waals surface area contributed by atoms with Crippen LogP contribution in [0.1, 0.15) is 48.6 Å². The van der Waals surface area contributed by atoms with Crippen LogP contribution in [0.25, 0.3) is 0 Å². The van der Waals surface area contributed by atoms with E-state index in [0.29, 0.717) is 24.9 Å². The quantitative estimate of drug-likeness (QED) is 0.444. The summed E-state index contributed by atoms with van der Waals surface area (Å²) in [6.07, 6.45) is 2.21. The second-order valence-corrected chi connectivity index (χ2v) is 4.40. The highest BCUT2D eigenvalue weighted by atomic mass is 16.5. The molecule has 0 aromatic carbocycles. The first-order chi connectivity index (χ1) is 8.62. The van der Waals surface area contributed by atoms with E-state index in [1.165, 1.54) is 0 Å². The summed E-state index contributed by atoms with van der Waals surface area (Å²) in [7, 11) is 0. The molecule has 5 nitrogen and oxygen atoms in total. The maximum atomic E-state index is 11.4. The van der Waals surface area contributed by atoms with Gasteiger partial charge in [0.25, 0.3) is 0 Å². The number of nitrogens with one attached hydrogen (secondary N) is 1. The first-order valence-corrected chi connectivity index (χ1v) is 6.30. The molecule has 102 valence electrons. The number of ether oxygens (including phenoxy) is 1. The maximum Gasteiger partial charge on any atom is 0.301 e. The van der Waals surface area contributed by atoms with E-state index in [1.54, 1.807) is 13.0 Å². The lowest BCUT2D eigenvalue weighted by Gasteiger charge is -2.11. The Hall–Kier alpha value is -1.33. The van der Waals surface area contributed by atoms with Gasteiger partial charge in [0.15, 0.2) is 5.76 Å². The molecule has 0 radical (unpaired) electrons. The van der Waals surface area contributed by atoms with E-state index < -0.39 is 5.91 Å². The molecule has 1 amide bonds. The van der Waals surface area contributed by atoms with Gasteiger partial charge in [-0.2, -0.15) is 0 Å². The predicted octanol–water partition coefficient (Wildman–Crippen LogP) is 2.14. The minimum atomic E-state index is -0.418. The summed E-state index contributed by atoms with van der Waals surface area (Å²) in [5, 5.41) is 0. The van der Waals surface area contributed by atoms with Crippen LogP contribution in [0.3, 0.4) is 0 Å².